The highest BCUT2D eigenvalue weighted by atomic mass is 32.2. The molecule has 0 radical (unpaired) electrons. The van der Waals surface area contributed by atoms with Crippen molar-refractivity contribution in [2.75, 3.05) is 18.7 Å². The van der Waals surface area contributed by atoms with Crippen molar-refractivity contribution in [2.45, 2.75) is 4.90 Å². The fraction of sp³-hybridized carbons (Fsp3) is 0.118. The summed E-state index contributed by atoms with van der Waals surface area (Å²) in [5, 5.41) is 5.90. The molecule has 0 spiro atoms. The van der Waals surface area contributed by atoms with E-state index in [1.807, 2.05) is 29.6 Å². The fourth-order valence-electron chi connectivity index (χ4n) is 2.20. The Kier molecular flexibility index (Phi) is 4.55. The van der Waals surface area contributed by atoms with Crippen LogP contribution in [0.25, 0.3) is 11.3 Å². The van der Waals surface area contributed by atoms with Gasteiger partial charge < -0.3 is 10.1 Å². The molecule has 5 nitrogen and oxygen atoms in total. The summed E-state index contributed by atoms with van der Waals surface area (Å²) < 4.78 is 28.3. The zero-order valence-corrected chi connectivity index (χ0v) is 14.8. The molecule has 0 amide bonds. The monoisotopic (exact) mass is 360 g/mol. The average molecular weight is 360 g/mol. The van der Waals surface area contributed by atoms with Crippen LogP contribution in [0.3, 0.4) is 0 Å². The van der Waals surface area contributed by atoms with Gasteiger partial charge in [0.1, 0.15) is 5.75 Å². The van der Waals surface area contributed by atoms with Crippen LogP contribution in [-0.4, -0.2) is 26.8 Å². The van der Waals surface area contributed by atoms with E-state index in [-0.39, 0.29) is 0 Å². The van der Waals surface area contributed by atoms with Gasteiger partial charge in [0.25, 0.3) is 0 Å². The summed E-state index contributed by atoms with van der Waals surface area (Å²) in [6.07, 6.45) is 1.19. The number of ether oxygens (including phenoxy) is 1. The summed E-state index contributed by atoms with van der Waals surface area (Å²) >= 11 is 1.47. The minimum absolute atomic E-state index is 0.300. The lowest BCUT2D eigenvalue weighted by molar-refractivity contribution is 0.417. The molecular weight excluding hydrogens is 344 g/mol. The molecule has 1 aromatic heterocycles. The van der Waals surface area contributed by atoms with Crippen LogP contribution < -0.4 is 10.1 Å². The second-order valence-electron chi connectivity index (χ2n) is 5.16. The highest BCUT2D eigenvalue weighted by Crippen LogP contribution is 2.31. The van der Waals surface area contributed by atoms with Crippen molar-refractivity contribution < 1.29 is 13.2 Å². The van der Waals surface area contributed by atoms with Gasteiger partial charge in [0.05, 0.1) is 23.4 Å². The summed E-state index contributed by atoms with van der Waals surface area (Å²) in [4.78, 5) is 4.85. The predicted octanol–water partition coefficient (Wildman–Crippen LogP) is 3.97. The number of sulfone groups is 1. The Hall–Kier alpha value is -2.38. The molecule has 24 heavy (non-hydrogen) atoms. The van der Waals surface area contributed by atoms with Gasteiger partial charge in [0.2, 0.25) is 0 Å². The first-order valence-corrected chi connectivity index (χ1v) is 9.90. The number of aromatic nitrogens is 1. The van der Waals surface area contributed by atoms with Crippen molar-refractivity contribution in [3.05, 3.63) is 53.9 Å². The molecule has 0 aliphatic heterocycles. The maximum Gasteiger partial charge on any atom is 0.187 e. The van der Waals surface area contributed by atoms with Gasteiger partial charge in [-0.25, -0.2) is 13.4 Å². The molecule has 124 valence electrons. The summed E-state index contributed by atoms with van der Waals surface area (Å²) in [5.74, 6) is 0.742. The molecule has 1 heterocycles. The number of benzene rings is 2. The second kappa shape index (κ2) is 6.62. The zero-order chi connectivity index (χ0) is 17.2. The molecular formula is C17H16N2O3S2. The van der Waals surface area contributed by atoms with Crippen molar-refractivity contribution in [1.29, 1.82) is 0 Å². The molecule has 0 aliphatic carbocycles. The Balaban J connectivity index is 1.83. The number of thiazole rings is 1. The van der Waals surface area contributed by atoms with E-state index in [9.17, 15) is 8.42 Å². The quantitative estimate of drug-likeness (QED) is 0.746. The Morgan fingerprint density at radius 1 is 1.08 bits per heavy atom. The predicted molar refractivity (Wildman–Crippen MR) is 96.9 cm³/mol. The van der Waals surface area contributed by atoms with Gasteiger partial charge in [-0.2, -0.15) is 0 Å². The van der Waals surface area contributed by atoms with Crippen LogP contribution in [0.2, 0.25) is 0 Å². The first-order valence-electron chi connectivity index (χ1n) is 7.13. The Labute approximate surface area is 144 Å². The molecule has 0 bridgehead atoms. The molecule has 7 heteroatoms. The van der Waals surface area contributed by atoms with Crippen LogP contribution >= 0.6 is 11.3 Å². The smallest absolute Gasteiger partial charge is 0.187 e. The summed E-state index contributed by atoms with van der Waals surface area (Å²) in [6.45, 7) is 0. The number of anilines is 2. The van der Waals surface area contributed by atoms with Crippen LogP contribution in [0, 0.1) is 0 Å². The Morgan fingerprint density at radius 2 is 1.79 bits per heavy atom. The highest BCUT2D eigenvalue weighted by Gasteiger charge is 2.10. The maximum absolute atomic E-state index is 11.5. The maximum atomic E-state index is 11.5. The lowest BCUT2D eigenvalue weighted by atomic mass is 10.2. The van der Waals surface area contributed by atoms with E-state index >= 15 is 0 Å². The van der Waals surface area contributed by atoms with E-state index < -0.39 is 9.84 Å². The molecule has 3 rings (SSSR count). The number of nitrogens with zero attached hydrogens (tertiary/aromatic N) is 1. The van der Waals surface area contributed by atoms with E-state index in [1.54, 1.807) is 31.4 Å². The number of rotatable bonds is 5. The van der Waals surface area contributed by atoms with Gasteiger partial charge in [-0.1, -0.05) is 24.3 Å². The molecule has 0 saturated heterocycles. The van der Waals surface area contributed by atoms with E-state index in [1.165, 1.54) is 17.6 Å². The Morgan fingerprint density at radius 3 is 2.46 bits per heavy atom. The molecule has 0 saturated carbocycles. The standard InChI is InChI=1S/C17H16N2O3S2/c1-22-16-6-4-3-5-14(16)18-17-19-15(11-23-17)12-7-9-13(10-8-12)24(2,20)21/h3-11H,1-2H3,(H,18,19). The normalized spacial score (nSPS) is 11.2. The number of hydrogen-bond donors (Lipinski definition) is 1. The minimum atomic E-state index is -3.19. The molecule has 1 N–H and O–H groups in total. The van der Waals surface area contributed by atoms with Crippen LogP contribution in [0.4, 0.5) is 10.8 Å². The fourth-order valence-corrected chi connectivity index (χ4v) is 3.56. The van der Waals surface area contributed by atoms with Crippen molar-refractivity contribution >= 4 is 32.0 Å². The largest absolute Gasteiger partial charge is 0.495 e. The van der Waals surface area contributed by atoms with Gasteiger partial charge in [-0.05, 0) is 24.3 Å². The van der Waals surface area contributed by atoms with Crippen LogP contribution in [0.5, 0.6) is 5.75 Å². The molecule has 0 fully saturated rings. The molecule has 3 aromatic rings. The number of hydrogen-bond acceptors (Lipinski definition) is 6. The van der Waals surface area contributed by atoms with Crippen LogP contribution in [-0.2, 0) is 9.84 Å². The molecule has 0 aliphatic rings. The highest BCUT2D eigenvalue weighted by molar-refractivity contribution is 7.90. The van der Waals surface area contributed by atoms with Crippen LogP contribution in [0.15, 0.2) is 58.8 Å². The van der Waals surface area contributed by atoms with Crippen molar-refractivity contribution in [2.24, 2.45) is 0 Å². The third-order valence-corrected chi connectivity index (χ3v) is 5.32. The van der Waals surface area contributed by atoms with Gasteiger partial charge >= 0.3 is 0 Å². The Bertz CT molecular complexity index is 948. The van der Waals surface area contributed by atoms with Gasteiger partial charge in [0, 0.05) is 17.2 Å². The molecule has 0 unspecified atom stereocenters. The summed E-state index contributed by atoms with van der Waals surface area (Å²) in [6, 6.07) is 14.3. The summed E-state index contributed by atoms with van der Waals surface area (Å²) in [7, 11) is -1.57. The van der Waals surface area contributed by atoms with Crippen molar-refractivity contribution in [1.82, 2.24) is 4.98 Å². The summed E-state index contributed by atoms with van der Waals surface area (Å²) in [5.41, 5.74) is 2.50. The number of methoxy groups -OCH3 is 1. The van der Waals surface area contributed by atoms with Crippen molar-refractivity contribution in [3.8, 4) is 17.0 Å². The van der Waals surface area contributed by atoms with Gasteiger partial charge in [-0.15, -0.1) is 11.3 Å². The third kappa shape index (κ3) is 3.58. The first kappa shape index (κ1) is 16.5. The van der Waals surface area contributed by atoms with E-state index in [0.29, 0.717) is 4.90 Å². The minimum Gasteiger partial charge on any atom is -0.495 e. The average Bonchev–Trinajstić information content (AvgIpc) is 3.03. The van der Waals surface area contributed by atoms with E-state index in [2.05, 4.69) is 10.3 Å². The first-order chi connectivity index (χ1) is 11.5. The van der Waals surface area contributed by atoms with Gasteiger partial charge in [0.15, 0.2) is 15.0 Å². The number of para-hydroxylation sites is 2. The molecule has 0 atom stereocenters. The lowest BCUT2D eigenvalue weighted by Crippen LogP contribution is -1.96. The zero-order valence-electron chi connectivity index (χ0n) is 13.2. The topological polar surface area (TPSA) is 68.3 Å². The van der Waals surface area contributed by atoms with E-state index in [0.717, 1.165) is 27.8 Å². The van der Waals surface area contributed by atoms with Gasteiger partial charge in [-0.3, -0.25) is 0 Å². The number of nitrogens with one attached hydrogen (secondary N) is 1. The van der Waals surface area contributed by atoms with Crippen LogP contribution in [0.1, 0.15) is 0 Å². The SMILES string of the molecule is COc1ccccc1Nc1nc(-c2ccc(S(C)(=O)=O)cc2)cs1. The third-order valence-electron chi connectivity index (χ3n) is 3.43. The lowest BCUT2D eigenvalue weighted by Gasteiger charge is -2.08. The molecule has 2 aromatic carbocycles. The van der Waals surface area contributed by atoms with E-state index in [4.69, 9.17) is 4.74 Å². The van der Waals surface area contributed by atoms with Crippen molar-refractivity contribution in [3.63, 3.8) is 0 Å². The second-order valence-corrected chi connectivity index (χ2v) is 8.03.